The molecule has 0 amide bonds. The molecule has 8 nitrogen and oxygen atoms in total. The summed E-state index contributed by atoms with van der Waals surface area (Å²) in [6.45, 7) is 0. The number of aromatic nitrogens is 2. The fourth-order valence-electron chi connectivity index (χ4n) is 5.15. The molecule has 1 saturated carbocycles. The van der Waals surface area contributed by atoms with E-state index in [9.17, 15) is 0 Å². The normalized spacial score (nSPS) is 19.0. The topological polar surface area (TPSA) is 89.8 Å². The zero-order valence-corrected chi connectivity index (χ0v) is 23.0. The quantitative estimate of drug-likeness (QED) is 0.237. The van der Waals surface area contributed by atoms with Crippen molar-refractivity contribution in [1.82, 2.24) is 15.3 Å². The Morgan fingerprint density at radius 2 is 1.50 bits per heavy atom. The molecule has 2 aliphatic rings. The molecule has 2 aliphatic carbocycles. The average Bonchev–Trinajstić information content (AvgIpc) is 2.94. The molecule has 3 N–H and O–H groups in total. The van der Waals surface area contributed by atoms with Crippen molar-refractivity contribution in [1.29, 1.82) is 0 Å². The third-order valence-electron chi connectivity index (χ3n) is 7.14. The molecule has 1 heterocycles. The van der Waals surface area contributed by atoms with Crippen LogP contribution in [0.2, 0.25) is 0 Å². The summed E-state index contributed by atoms with van der Waals surface area (Å²) in [6, 6.07) is 18.2. The number of nitrogens with one attached hydrogen (secondary N) is 3. The summed E-state index contributed by atoms with van der Waals surface area (Å²) in [6.07, 6.45) is 8.77. The molecule has 0 saturated heterocycles. The fraction of sp³-hybridized carbons (Fsp3) is 0.414. The molecule has 9 heteroatoms. The lowest BCUT2D eigenvalue weighted by Gasteiger charge is -2.31. The molecular formula is C29H36N8S. The molecule has 0 spiro atoms. The van der Waals surface area contributed by atoms with Gasteiger partial charge in [0.25, 0.3) is 0 Å². The number of fused-ring (bicyclic) bond motifs is 1. The average molecular weight is 529 g/mol. The highest BCUT2D eigenvalue weighted by Gasteiger charge is 2.24. The Morgan fingerprint density at radius 3 is 2.21 bits per heavy atom. The third kappa shape index (κ3) is 6.83. The first-order valence-corrected chi connectivity index (χ1v) is 13.9. The SMILES string of the molecule is CN(C)c1nc(N[C@H]2CC[C@@H](NC(=S)Nc3ccc(/N=N/c4ccccc4)cc3)CC2)nc2c1CCCC2. The Hall–Kier alpha value is -3.59. The van der Waals surface area contributed by atoms with Crippen molar-refractivity contribution in [3.8, 4) is 0 Å². The highest BCUT2D eigenvalue weighted by atomic mass is 32.1. The summed E-state index contributed by atoms with van der Waals surface area (Å²) in [5, 5.41) is 19.6. The highest BCUT2D eigenvalue weighted by molar-refractivity contribution is 7.80. The largest absolute Gasteiger partial charge is 0.362 e. The maximum atomic E-state index is 5.59. The van der Waals surface area contributed by atoms with Gasteiger partial charge in [0.1, 0.15) is 5.82 Å². The Labute approximate surface area is 230 Å². The number of azo groups is 1. The van der Waals surface area contributed by atoms with Crippen molar-refractivity contribution in [2.45, 2.75) is 63.5 Å². The number of rotatable bonds is 7. The van der Waals surface area contributed by atoms with Crippen LogP contribution in [0.5, 0.6) is 0 Å². The third-order valence-corrected chi connectivity index (χ3v) is 7.36. The van der Waals surface area contributed by atoms with Crippen molar-refractivity contribution in [2.75, 3.05) is 29.6 Å². The van der Waals surface area contributed by atoms with Crippen LogP contribution in [0, 0.1) is 0 Å². The number of thiocarbonyl (C=S) groups is 1. The fourth-order valence-corrected chi connectivity index (χ4v) is 5.43. The molecule has 3 aromatic rings. The second-order valence-corrected chi connectivity index (χ2v) is 10.7. The first-order valence-electron chi connectivity index (χ1n) is 13.5. The van der Waals surface area contributed by atoms with E-state index in [4.69, 9.17) is 22.2 Å². The molecule has 5 rings (SSSR count). The van der Waals surface area contributed by atoms with Crippen molar-refractivity contribution < 1.29 is 0 Å². The van der Waals surface area contributed by atoms with Crippen molar-refractivity contribution in [2.24, 2.45) is 10.2 Å². The van der Waals surface area contributed by atoms with Gasteiger partial charge in [0.05, 0.1) is 17.1 Å². The molecule has 0 unspecified atom stereocenters. The predicted octanol–water partition coefficient (Wildman–Crippen LogP) is 6.55. The number of nitrogens with zero attached hydrogens (tertiary/aromatic N) is 5. The van der Waals surface area contributed by atoms with E-state index in [0.717, 1.165) is 67.4 Å². The molecule has 198 valence electrons. The van der Waals surface area contributed by atoms with Gasteiger partial charge in [-0.1, -0.05) is 18.2 Å². The monoisotopic (exact) mass is 528 g/mol. The van der Waals surface area contributed by atoms with E-state index in [1.54, 1.807) is 0 Å². The van der Waals surface area contributed by atoms with E-state index in [1.165, 1.54) is 24.1 Å². The van der Waals surface area contributed by atoms with E-state index >= 15 is 0 Å². The summed E-state index contributed by atoms with van der Waals surface area (Å²) < 4.78 is 0. The van der Waals surface area contributed by atoms with Gasteiger partial charge in [-0.25, -0.2) is 4.98 Å². The van der Waals surface area contributed by atoms with Crippen LogP contribution < -0.4 is 20.9 Å². The van der Waals surface area contributed by atoms with Crippen LogP contribution in [-0.4, -0.2) is 41.3 Å². The Bertz CT molecular complexity index is 1250. The summed E-state index contributed by atoms with van der Waals surface area (Å²) in [7, 11) is 4.14. The summed E-state index contributed by atoms with van der Waals surface area (Å²) in [5.41, 5.74) is 5.10. The van der Waals surface area contributed by atoms with E-state index < -0.39 is 0 Å². The maximum absolute atomic E-state index is 5.59. The lowest BCUT2D eigenvalue weighted by Crippen LogP contribution is -2.42. The number of aryl methyl sites for hydroxylation is 1. The summed E-state index contributed by atoms with van der Waals surface area (Å²) >= 11 is 5.59. The molecule has 0 radical (unpaired) electrons. The van der Waals surface area contributed by atoms with Gasteiger partial charge in [-0.05, 0) is 100.0 Å². The van der Waals surface area contributed by atoms with Crippen molar-refractivity contribution >= 4 is 46.2 Å². The minimum Gasteiger partial charge on any atom is -0.362 e. The minimum atomic E-state index is 0.355. The van der Waals surface area contributed by atoms with Crippen LogP contribution in [0.3, 0.4) is 0 Å². The summed E-state index contributed by atoms with van der Waals surface area (Å²) in [4.78, 5) is 11.9. The Morgan fingerprint density at radius 1 is 0.842 bits per heavy atom. The van der Waals surface area contributed by atoms with Crippen LogP contribution in [0.15, 0.2) is 64.8 Å². The Kier molecular flexibility index (Phi) is 8.43. The molecule has 1 fully saturated rings. The van der Waals surface area contributed by atoms with Gasteiger partial charge in [0.2, 0.25) is 5.95 Å². The first kappa shape index (κ1) is 26.0. The molecule has 2 aromatic carbocycles. The smallest absolute Gasteiger partial charge is 0.225 e. The molecule has 0 atom stereocenters. The molecule has 0 aliphatic heterocycles. The van der Waals surface area contributed by atoms with E-state index in [1.807, 2.05) is 54.6 Å². The van der Waals surface area contributed by atoms with Gasteiger partial charge in [0.15, 0.2) is 5.11 Å². The van der Waals surface area contributed by atoms with Crippen LogP contribution in [0.1, 0.15) is 49.8 Å². The van der Waals surface area contributed by atoms with Gasteiger partial charge >= 0.3 is 0 Å². The van der Waals surface area contributed by atoms with Crippen LogP contribution in [0.4, 0.5) is 28.8 Å². The van der Waals surface area contributed by atoms with Crippen molar-refractivity contribution in [3.63, 3.8) is 0 Å². The van der Waals surface area contributed by atoms with Gasteiger partial charge < -0.3 is 20.9 Å². The van der Waals surface area contributed by atoms with Crippen LogP contribution >= 0.6 is 12.2 Å². The second kappa shape index (κ2) is 12.3. The van der Waals surface area contributed by atoms with E-state index in [-0.39, 0.29) is 0 Å². The standard InChI is InChI=1S/C29H36N8S/c1-37(2)27-25-10-6-7-11-26(25)33-28(34-27)30-20-12-14-21(15-13-20)31-29(38)32-22-16-18-24(19-17-22)36-35-23-8-4-3-5-9-23/h3-5,8-9,16-21H,6-7,10-15H2,1-2H3,(H,30,33,34)(H2,31,32,38)/b36-35+/t20-,21+. The Balaban J connectivity index is 1.09. The van der Waals surface area contributed by atoms with E-state index in [0.29, 0.717) is 17.2 Å². The maximum Gasteiger partial charge on any atom is 0.225 e. The van der Waals surface area contributed by atoms with E-state index in [2.05, 4.69) is 45.2 Å². The van der Waals surface area contributed by atoms with Gasteiger partial charge in [-0.15, -0.1) is 0 Å². The van der Waals surface area contributed by atoms with Gasteiger partial charge in [-0.2, -0.15) is 15.2 Å². The molecule has 1 aromatic heterocycles. The predicted molar refractivity (Wildman–Crippen MR) is 159 cm³/mol. The molecule has 0 bridgehead atoms. The van der Waals surface area contributed by atoms with Gasteiger partial charge in [-0.3, -0.25) is 0 Å². The van der Waals surface area contributed by atoms with Crippen LogP contribution in [0.25, 0.3) is 0 Å². The number of anilines is 3. The lowest BCUT2D eigenvalue weighted by atomic mass is 9.91. The first-order chi connectivity index (χ1) is 18.5. The lowest BCUT2D eigenvalue weighted by molar-refractivity contribution is 0.387. The number of hydrogen-bond acceptors (Lipinski definition) is 7. The molecule has 38 heavy (non-hydrogen) atoms. The molecular weight excluding hydrogens is 492 g/mol. The van der Waals surface area contributed by atoms with Gasteiger partial charge in [0, 0.05) is 37.4 Å². The van der Waals surface area contributed by atoms with Crippen LogP contribution in [-0.2, 0) is 12.8 Å². The number of benzene rings is 2. The zero-order chi connectivity index (χ0) is 26.3. The van der Waals surface area contributed by atoms with Crippen molar-refractivity contribution in [3.05, 3.63) is 65.9 Å². The zero-order valence-electron chi connectivity index (χ0n) is 22.2. The summed E-state index contributed by atoms with van der Waals surface area (Å²) in [5.74, 6) is 1.84. The minimum absolute atomic E-state index is 0.355. The highest BCUT2D eigenvalue weighted by Crippen LogP contribution is 2.29. The number of hydrogen-bond donors (Lipinski definition) is 3. The second-order valence-electron chi connectivity index (χ2n) is 10.3.